The molecule has 0 saturated carbocycles. The van der Waals surface area contributed by atoms with Crippen LogP contribution in [0.1, 0.15) is 58.7 Å². The van der Waals surface area contributed by atoms with E-state index in [4.69, 9.17) is 0 Å². The highest BCUT2D eigenvalue weighted by Gasteiger charge is 2.26. The summed E-state index contributed by atoms with van der Waals surface area (Å²) in [6, 6.07) is 7.20. The number of benzene rings is 1. The van der Waals surface area contributed by atoms with Crippen molar-refractivity contribution in [2.45, 2.75) is 46.6 Å². The molecule has 28 heavy (non-hydrogen) atoms. The van der Waals surface area contributed by atoms with Crippen molar-refractivity contribution in [1.82, 2.24) is 14.7 Å². The lowest BCUT2D eigenvalue weighted by Crippen LogP contribution is -2.39. The van der Waals surface area contributed by atoms with E-state index in [-0.39, 0.29) is 5.91 Å². The van der Waals surface area contributed by atoms with E-state index in [1.807, 2.05) is 28.6 Å². The number of hydrogen-bond donors (Lipinski definition) is 1. The Kier molecular flexibility index (Phi) is 6.17. The Morgan fingerprint density at radius 1 is 1.18 bits per heavy atom. The predicted molar refractivity (Wildman–Crippen MR) is 108 cm³/mol. The first-order chi connectivity index (χ1) is 13.4. The number of carboxylic acids is 1. The van der Waals surface area contributed by atoms with Gasteiger partial charge in [-0.15, -0.1) is 0 Å². The number of nitrogens with zero attached hydrogens (tertiary/aromatic N) is 3. The number of carbonyl (C=O) groups excluding carboxylic acids is 1. The van der Waals surface area contributed by atoms with Gasteiger partial charge in [-0.3, -0.25) is 9.48 Å². The monoisotopic (exact) mass is 383 g/mol. The molecule has 2 aromatic rings. The molecule has 0 radical (unpaired) electrons. The summed E-state index contributed by atoms with van der Waals surface area (Å²) >= 11 is 0. The average Bonchev–Trinajstić information content (AvgIpc) is 3.02. The normalized spacial score (nSPS) is 15.2. The Balaban J connectivity index is 1.61. The second-order valence-corrected chi connectivity index (χ2v) is 8.12. The van der Waals surface area contributed by atoms with E-state index in [0.717, 1.165) is 37.1 Å². The fourth-order valence-corrected chi connectivity index (χ4v) is 3.91. The van der Waals surface area contributed by atoms with Crippen LogP contribution in [-0.4, -0.2) is 44.8 Å². The van der Waals surface area contributed by atoms with Gasteiger partial charge >= 0.3 is 5.97 Å². The molecule has 1 aromatic carbocycles. The molecule has 6 heteroatoms. The van der Waals surface area contributed by atoms with Crippen LogP contribution in [0.3, 0.4) is 0 Å². The van der Waals surface area contributed by atoms with Crippen LogP contribution in [0.2, 0.25) is 0 Å². The molecule has 0 atom stereocenters. The zero-order valence-corrected chi connectivity index (χ0v) is 16.9. The molecule has 1 aliphatic rings. The Hall–Kier alpha value is -2.63. The third kappa shape index (κ3) is 4.43. The summed E-state index contributed by atoms with van der Waals surface area (Å²) in [7, 11) is 0. The lowest BCUT2D eigenvalue weighted by Gasteiger charge is -2.32. The Morgan fingerprint density at radius 2 is 1.86 bits per heavy atom. The summed E-state index contributed by atoms with van der Waals surface area (Å²) in [5.74, 6) is 0.0503. The van der Waals surface area contributed by atoms with E-state index in [1.54, 1.807) is 18.3 Å². The second-order valence-electron chi connectivity index (χ2n) is 8.12. The third-order valence-corrected chi connectivity index (χ3v) is 5.53. The molecule has 6 nitrogen and oxygen atoms in total. The maximum atomic E-state index is 12.9. The number of carboxylic acid groups (broad SMARTS) is 1. The summed E-state index contributed by atoms with van der Waals surface area (Å²) in [5, 5.41) is 13.7. The van der Waals surface area contributed by atoms with E-state index < -0.39 is 5.97 Å². The van der Waals surface area contributed by atoms with Gasteiger partial charge in [-0.25, -0.2) is 4.79 Å². The molecule has 1 aromatic heterocycles. The van der Waals surface area contributed by atoms with Crippen LogP contribution in [0.4, 0.5) is 0 Å². The van der Waals surface area contributed by atoms with Crippen molar-refractivity contribution in [2.75, 3.05) is 13.1 Å². The maximum Gasteiger partial charge on any atom is 0.335 e. The molecule has 1 aliphatic heterocycles. The van der Waals surface area contributed by atoms with Gasteiger partial charge in [0.05, 0.1) is 17.3 Å². The molecule has 1 fully saturated rings. The molecule has 1 N–H and O–H groups in total. The number of amides is 1. The van der Waals surface area contributed by atoms with Gasteiger partial charge in [0.1, 0.15) is 0 Å². The van der Waals surface area contributed by atoms with Crippen LogP contribution in [0.5, 0.6) is 0 Å². The fourth-order valence-electron chi connectivity index (χ4n) is 3.91. The fraction of sp³-hybridized carbons (Fsp3) is 0.500. The van der Waals surface area contributed by atoms with Crippen molar-refractivity contribution in [1.29, 1.82) is 0 Å². The highest BCUT2D eigenvalue weighted by Crippen LogP contribution is 2.25. The van der Waals surface area contributed by atoms with Gasteiger partial charge in [-0.05, 0) is 49.7 Å². The van der Waals surface area contributed by atoms with Crippen LogP contribution < -0.4 is 0 Å². The quantitative estimate of drug-likeness (QED) is 0.826. The minimum Gasteiger partial charge on any atom is -0.478 e. The van der Waals surface area contributed by atoms with Gasteiger partial charge in [0, 0.05) is 25.3 Å². The number of hydrogen-bond acceptors (Lipinski definition) is 3. The molecule has 1 saturated heterocycles. The minimum atomic E-state index is -0.878. The van der Waals surface area contributed by atoms with Crippen molar-refractivity contribution >= 4 is 11.9 Å². The van der Waals surface area contributed by atoms with Crippen molar-refractivity contribution in [3.05, 3.63) is 52.8 Å². The van der Waals surface area contributed by atoms with Crippen LogP contribution in [0, 0.1) is 18.8 Å². The number of likely N-dealkylation sites (tertiary alicyclic amines) is 1. The maximum absolute atomic E-state index is 12.9. The van der Waals surface area contributed by atoms with Crippen molar-refractivity contribution in [3.63, 3.8) is 0 Å². The molecule has 0 bridgehead atoms. The number of piperidine rings is 1. The first-order valence-electron chi connectivity index (χ1n) is 9.99. The van der Waals surface area contributed by atoms with Crippen LogP contribution in [-0.2, 0) is 13.0 Å². The predicted octanol–water partition coefficient (Wildman–Crippen LogP) is 3.64. The number of rotatable bonds is 6. The van der Waals surface area contributed by atoms with Crippen molar-refractivity contribution in [3.8, 4) is 0 Å². The van der Waals surface area contributed by atoms with E-state index in [1.165, 1.54) is 0 Å². The highest BCUT2D eigenvalue weighted by molar-refractivity contribution is 5.95. The molecule has 0 unspecified atom stereocenters. The van der Waals surface area contributed by atoms with Crippen LogP contribution >= 0.6 is 0 Å². The second kappa shape index (κ2) is 8.59. The third-order valence-electron chi connectivity index (χ3n) is 5.53. The van der Waals surface area contributed by atoms with E-state index in [2.05, 4.69) is 18.9 Å². The summed E-state index contributed by atoms with van der Waals surface area (Å²) in [4.78, 5) is 26.2. The summed E-state index contributed by atoms with van der Waals surface area (Å²) in [6.45, 7) is 8.44. The first kappa shape index (κ1) is 20.1. The van der Waals surface area contributed by atoms with Gasteiger partial charge in [0.25, 0.3) is 5.91 Å². The summed E-state index contributed by atoms with van der Waals surface area (Å²) in [6.07, 6.45) is 4.21. The lowest BCUT2D eigenvalue weighted by atomic mass is 9.88. The number of aromatic nitrogens is 2. The highest BCUT2D eigenvalue weighted by atomic mass is 16.4. The largest absolute Gasteiger partial charge is 0.478 e. The van der Waals surface area contributed by atoms with Gasteiger partial charge in [0.15, 0.2) is 0 Å². The Morgan fingerprint density at radius 3 is 2.50 bits per heavy atom. The molecule has 3 rings (SSSR count). The SMILES string of the molecule is Cc1c(C(=O)N2CCC(Cc3ccccc3C(=O)O)CC2)cnn1CC(C)C. The van der Waals surface area contributed by atoms with Crippen molar-refractivity contribution < 1.29 is 14.7 Å². The zero-order chi connectivity index (χ0) is 20.3. The molecule has 150 valence electrons. The van der Waals surface area contributed by atoms with Gasteiger partial charge < -0.3 is 10.0 Å². The standard InChI is InChI=1S/C22H29N3O3/c1-15(2)14-25-16(3)20(13-23-25)21(26)24-10-8-17(9-11-24)12-18-6-4-5-7-19(18)22(27)28/h4-7,13,15,17H,8-12,14H2,1-3H3,(H,27,28). The van der Waals surface area contributed by atoms with E-state index >= 15 is 0 Å². The Labute approximate surface area is 166 Å². The zero-order valence-electron chi connectivity index (χ0n) is 16.9. The van der Waals surface area contributed by atoms with Gasteiger partial charge in [-0.1, -0.05) is 32.0 Å². The molecular formula is C22H29N3O3. The van der Waals surface area contributed by atoms with Gasteiger partial charge in [0.2, 0.25) is 0 Å². The topological polar surface area (TPSA) is 75.4 Å². The van der Waals surface area contributed by atoms with E-state index in [9.17, 15) is 14.7 Å². The minimum absolute atomic E-state index is 0.0527. The van der Waals surface area contributed by atoms with E-state index in [0.29, 0.717) is 36.1 Å². The molecular weight excluding hydrogens is 354 g/mol. The average molecular weight is 383 g/mol. The summed E-state index contributed by atoms with van der Waals surface area (Å²) < 4.78 is 1.91. The first-order valence-corrected chi connectivity index (χ1v) is 9.99. The summed E-state index contributed by atoms with van der Waals surface area (Å²) in [5.41, 5.74) is 2.88. The van der Waals surface area contributed by atoms with Crippen LogP contribution in [0.25, 0.3) is 0 Å². The molecule has 0 aliphatic carbocycles. The van der Waals surface area contributed by atoms with Gasteiger partial charge in [-0.2, -0.15) is 5.10 Å². The smallest absolute Gasteiger partial charge is 0.335 e. The van der Waals surface area contributed by atoms with Crippen LogP contribution in [0.15, 0.2) is 30.5 Å². The lowest BCUT2D eigenvalue weighted by molar-refractivity contribution is 0.0689. The van der Waals surface area contributed by atoms with Crippen molar-refractivity contribution in [2.24, 2.45) is 11.8 Å². The molecule has 1 amide bonds. The number of aromatic carboxylic acids is 1. The number of carbonyl (C=O) groups is 2. The molecule has 2 heterocycles. The Bertz CT molecular complexity index is 848. The molecule has 0 spiro atoms.